The van der Waals surface area contributed by atoms with Crippen molar-refractivity contribution in [1.29, 1.82) is 0 Å². The molecule has 1 aliphatic rings. The predicted octanol–water partition coefficient (Wildman–Crippen LogP) is 0.221. The minimum atomic E-state index is -0.131. The van der Waals surface area contributed by atoms with E-state index < -0.39 is 0 Å². The second kappa shape index (κ2) is 4.49. The van der Waals surface area contributed by atoms with Crippen LogP contribution in [0.25, 0.3) is 0 Å². The van der Waals surface area contributed by atoms with Gasteiger partial charge in [-0.15, -0.1) is 0 Å². The molecule has 1 aromatic heterocycles. The number of rotatable bonds is 1. The molecule has 2 rings (SSSR count). The Morgan fingerprint density at radius 3 is 3.19 bits per heavy atom. The molecule has 0 aromatic carbocycles. The normalized spacial score (nSPS) is 20.8. The number of amides is 1. The van der Waals surface area contributed by atoms with Crippen molar-refractivity contribution in [2.75, 3.05) is 19.6 Å². The molecule has 2 N–H and O–H groups in total. The van der Waals surface area contributed by atoms with E-state index in [1.807, 2.05) is 6.92 Å². The molecule has 1 amide bonds. The molecule has 5 nitrogen and oxygen atoms in total. The quantitative estimate of drug-likeness (QED) is 0.712. The second-order valence-electron chi connectivity index (χ2n) is 3.94. The summed E-state index contributed by atoms with van der Waals surface area (Å²) in [6.07, 6.45) is 2.81. The minimum Gasteiger partial charge on any atom is -0.505 e. The van der Waals surface area contributed by atoms with E-state index in [9.17, 15) is 9.90 Å². The number of nitrogens with zero attached hydrogens (tertiary/aromatic N) is 2. The van der Waals surface area contributed by atoms with Gasteiger partial charge in [0, 0.05) is 31.9 Å². The summed E-state index contributed by atoms with van der Waals surface area (Å²) < 4.78 is 0. The van der Waals surface area contributed by atoms with Gasteiger partial charge in [-0.25, -0.2) is 0 Å². The third-order valence-electron chi connectivity index (χ3n) is 2.79. The zero-order chi connectivity index (χ0) is 11.5. The SMILES string of the molecule is CC1CNCCN1C(=O)c1ccncc1O. The Morgan fingerprint density at radius 2 is 2.50 bits per heavy atom. The molecule has 1 aliphatic heterocycles. The fourth-order valence-corrected chi connectivity index (χ4v) is 1.86. The van der Waals surface area contributed by atoms with Gasteiger partial charge in [0.15, 0.2) is 0 Å². The van der Waals surface area contributed by atoms with Crippen LogP contribution in [0, 0.1) is 0 Å². The molecule has 16 heavy (non-hydrogen) atoms. The zero-order valence-corrected chi connectivity index (χ0v) is 9.18. The molecule has 0 aliphatic carbocycles. The van der Waals surface area contributed by atoms with Crippen molar-refractivity contribution in [3.05, 3.63) is 24.0 Å². The van der Waals surface area contributed by atoms with Gasteiger partial charge in [-0.2, -0.15) is 0 Å². The topological polar surface area (TPSA) is 65.5 Å². The molecule has 86 valence electrons. The van der Waals surface area contributed by atoms with Gasteiger partial charge in [0.1, 0.15) is 5.75 Å². The Bertz CT molecular complexity index is 395. The second-order valence-corrected chi connectivity index (χ2v) is 3.94. The van der Waals surface area contributed by atoms with Crippen LogP contribution < -0.4 is 5.32 Å². The fraction of sp³-hybridized carbons (Fsp3) is 0.455. The lowest BCUT2D eigenvalue weighted by molar-refractivity contribution is 0.0652. The molecule has 1 fully saturated rings. The summed E-state index contributed by atoms with van der Waals surface area (Å²) in [5, 5.41) is 12.8. The van der Waals surface area contributed by atoms with Gasteiger partial charge in [-0.1, -0.05) is 0 Å². The highest BCUT2D eigenvalue weighted by atomic mass is 16.3. The van der Waals surface area contributed by atoms with Crippen LogP contribution in [0.5, 0.6) is 5.75 Å². The smallest absolute Gasteiger partial charge is 0.258 e. The first-order valence-electron chi connectivity index (χ1n) is 5.35. The van der Waals surface area contributed by atoms with E-state index >= 15 is 0 Å². The van der Waals surface area contributed by atoms with Crippen molar-refractivity contribution in [2.45, 2.75) is 13.0 Å². The highest BCUT2D eigenvalue weighted by molar-refractivity contribution is 5.96. The summed E-state index contributed by atoms with van der Waals surface area (Å²) in [6, 6.07) is 1.70. The summed E-state index contributed by atoms with van der Waals surface area (Å²) in [5.41, 5.74) is 0.323. The average molecular weight is 221 g/mol. The highest BCUT2D eigenvalue weighted by Gasteiger charge is 2.25. The molecule has 0 radical (unpaired) electrons. The van der Waals surface area contributed by atoms with Crippen molar-refractivity contribution in [1.82, 2.24) is 15.2 Å². The van der Waals surface area contributed by atoms with Gasteiger partial charge in [0.05, 0.1) is 11.8 Å². The van der Waals surface area contributed by atoms with Crippen LogP contribution in [-0.2, 0) is 0 Å². The van der Waals surface area contributed by atoms with Crippen LogP contribution in [0.2, 0.25) is 0 Å². The number of pyridine rings is 1. The third kappa shape index (κ3) is 1.99. The lowest BCUT2D eigenvalue weighted by Gasteiger charge is -2.34. The van der Waals surface area contributed by atoms with Gasteiger partial charge in [-0.05, 0) is 13.0 Å². The van der Waals surface area contributed by atoms with Crippen LogP contribution in [0.4, 0.5) is 0 Å². The Morgan fingerprint density at radius 1 is 1.69 bits per heavy atom. The largest absolute Gasteiger partial charge is 0.505 e. The Hall–Kier alpha value is -1.62. The van der Waals surface area contributed by atoms with E-state index in [4.69, 9.17) is 0 Å². The summed E-state index contributed by atoms with van der Waals surface area (Å²) in [7, 11) is 0. The first kappa shape index (κ1) is 10.9. The van der Waals surface area contributed by atoms with E-state index in [-0.39, 0.29) is 17.7 Å². The standard InChI is InChI=1S/C11H15N3O2/c1-8-6-13-4-5-14(8)11(16)9-2-3-12-7-10(9)15/h2-3,7-8,13,15H,4-6H2,1H3. The molecule has 0 saturated carbocycles. The Kier molecular flexibility index (Phi) is 3.05. The number of hydrogen-bond donors (Lipinski definition) is 2. The summed E-state index contributed by atoms with van der Waals surface area (Å²) in [6.45, 7) is 4.24. The van der Waals surface area contributed by atoms with Crippen molar-refractivity contribution in [3.63, 3.8) is 0 Å². The van der Waals surface area contributed by atoms with Crippen LogP contribution in [0.1, 0.15) is 17.3 Å². The van der Waals surface area contributed by atoms with Gasteiger partial charge in [0.25, 0.3) is 5.91 Å². The van der Waals surface area contributed by atoms with Gasteiger partial charge in [-0.3, -0.25) is 9.78 Å². The lowest BCUT2D eigenvalue weighted by Crippen LogP contribution is -2.52. The molecular weight excluding hydrogens is 206 g/mol. The monoisotopic (exact) mass is 221 g/mol. The van der Waals surface area contributed by atoms with Crippen molar-refractivity contribution in [2.24, 2.45) is 0 Å². The first-order valence-corrected chi connectivity index (χ1v) is 5.35. The number of carbonyl (C=O) groups is 1. The molecule has 1 atom stereocenters. The van der Waals surface area contributed by atoms with Crippen molar-refractivity contribution >= 4 is 5.91 Å². The zero-order valence-electron chi connectivity index (χ0n) is 9.18. The summed E-state index contributed by atoms with van der Waals surface area (Å²) in [5.74, 6) is -0.188. The number of aromatic hydroxyl groups is 1. The Balaban J connectivity index is 2.21. The molecule has 1 unspecified atom stereocenters. The molecule has 0 spiro atoms. The maximum Gasteiger partial charge on any atom is 0.258 e. The van der Waals surface area contributed by atoms with E-state index in [0.29, 0.717) is 12.1 Å². The summed E-state index contributed by atoms with van der Waals surface area (Å²) >= 11 is 0. The fourth-order valence-electron chi connectivity index (χ4n) is 1.86. The van der Waals surface area contributed by atoms with Gasteiger partial charge < -0.3 is 15.3 Å². The molecule has 0 bridgehead atoms. The van der Waals surface area contributed by atoms with Crippen LogP contribution in [0.15, 0.2) is 18.5 Å². The highest BCUT2D eigenvalue weighted by Crippen LogP contribution is 2.18. The van der Waals surface area contributed by atoms with E-state index in [1.54, 1.807) is 11.0 Å². The maximum absolute atomic E-state index is 12.1. The molecule has 2 heterocycles. The average Bonchev–Trinajstić information content (AvgIpc) is 2.29. The molecule has 5 heteroatoms. The number of carbonyl (C=O) groups excluding carboxylic acids is 1. The van der Waals surface area contributed by atoms with E-state index in [0.717, 1.165) is 13.1 Å². The summed E-state index contributed by atoms with van der Waals surface area (Å²) in [4.78, 5) is 17.7. The van der Waals surface area contributed by atoms with Crippen LogP contribution in [0.3, 0.4) is 0 Å². The lowest BCUT2D eigenvalue weighted by atomic mass is 10.1. The number of nitrogens with one attached hydrogen (secondary N) is 1. The first-order chi connectivity index (χ1) is 7.70. The Labute approximate surface area is 94.1 Å². The predicted molar refractivity (Wildman–Crippen MR) is 59.3 cm³/mol. The van der Waals surface area contributed by atoms with Crippen molar-refractivity contribution in [3.8, 4) is 5.75 Å². The number of aromatic nitrogens is 1. The van der Waals surface area contributed by atoms with E-state index in [2.05, 4.69) is 10.3 Å². The van der Waals surface area contributed by atoms with Crippen molar-refractivity contribution < 1.29 is 9.90 Å². The molecule has 1 aromatic rings. The van der Waals surface area contributed by atoms with Crippen LogP contribution >= 0.6 is 0 Å². The van der Waals surface area contributed by atoms with Gasteiger partial charge in [0.2, 0.25) is 0 Å². The van der Waals surface area contributed by atoms with Crippen LogP contribution in [-0.4, -0.2) is 46.6 Å². The number of piperazine rings is 1. The molecule has 1 saturated heterocycles. The van der Waals surface area contributed by atoms with E-state index in [1.165, 1.54) is 12.4 Å². The minimum absolute atomic E-state index is 0.0572. The number of hydrogen-bond acceptors (Lipinski definition) is 4. The van der Waals surface area contributed by atoms with Gasteiger partial charge >= 0.3 is 0 Å². The third-order valence-corrected chi connectivity index (χ3v) is 2.79. The molecular formula is C11H15N3O2. The maximum atomic E-state index is 12.1.